The van der Waals surface area contributed by atoms with E-state index in [9.17, 15) is 13.2 Å². The Hall–Kier alpha value is -1.40. The molecular formula is C8H10N2O3S. The molecule has 0 heterocycles. The van der Waals surface area contributed by atoms with Gasteiger partial charge in [0.15, 0.2) is 0 Å². The van der Waals surface area contributed by atoms with Crippen molar-refractivity contribution in [2.24, 2.45) is 10.9 Å². The summed E-state index contributed by atoms with van der Waals surface area (Å²) in [4.78, 5) is 10.8. The molecular weight excluding hydrogens is 204 g/mol. The van der Waals surface area contributed by atoms with Crippen LogP contribution in [0.5, 0.6) is 0 Å². The van der Waals surface area contributed by atoms with Crippen LogP contribution in [0.3, 0.4) is 0 Å². The van der Waals surface area contributed by atoms with Crippen LogP contribution in [0.1, 0.15) is 15.9 Å². The molecule has 0 aliphatic heterocycles. The Bertz CT molecular complexity index is 479. The van der Waals surface area contributed by atoms with E-state index in [1.165, 1.54) is 18.2 Å². The van der Waals surface area contributed by atoms with Crippen molar-refractivity contribution < 1.29 is 13.2 Å². The molecule has 1 aromatic carbocycles. The van der Waals surface area contributed by atoms with E-state index in [1.54, 1.807) is 6.92 Å². The van der Waals surface area contributed by atoms with E-state index in [-0.39, 0.29) is 10.5 Å². The zero-order valence-corrected chi connectivity index (χ0v) is 8.34. The van der Waals surface area contributed by atoms with Gasteiger partial charge in [0, 0.05) is 5.56 Å². The topological polar surface area (TPSA) is 103 Å². The number of primary sulfonamides is 1. The quantitative estimate of drug-likeness (QED) is 0.708. The maximum atomic E-state index is 10.9. The summed E-state index contributed by atoms with van der Waals surface area (Å²) < 4.78 is 21.9. The molecule has 1 aromatic rings. The van der Waals surface area contributed by atoms with Gasteiger partial charge in [-0.2, -0.15) is 0 Å². The van der Waals surface area contributed by atoms with Gasteiger partial charge in [-0.05, 0) is 30.7 Å². The SMILES string of the molecule is Cc1cc(S(N)(=O)=O)ccc1C(N)=O. The summed E-state index contributed by atoms with van der Waals surface area (Å²) in [5.41, 5.74) is 5.83. The number of primary amides is 1. The largest absolute Gasteiger partial charge is 0.366 e. The first-order chi connectivity index (χ1) is 6.32. The van der Waals surface area contributed by atoms with Crippen LogP contribution in [-0.4, -0.2) is 14.3 Å². The Morgan fingerprint density at radius 3 is 2.29 bits per heavy atom. The van der Waals surface area contributed by atoms with Crippen LogP contribution in [-0.2, 0) is 10.0 Å². The van der Waals surface area contributed by atoms with Gasteiger partial charge in [-0.1, -0.05) is 0 Å². The lowest BCUT2D eigenvalue weighted by atomic mass is 10.1. The molecule has 1 rings (SSSR count). The van der Waals surface area contributed by atoms with Crippen LogP contribution in [0, 0.1) is 6.92 Å². The van der Waals surface area contributed by atoms with Crippen LogP contribution in [0.25, 0.3) is 0 Å². The molecule has 0 saturated carbocycles. The highest BCUT2D eigenvalue weighted by molar-refractivity contribution is 7.89. The molecule has 0 aromatic heterocycles. The lowest BCUT2D eigenvalue weighted by molar-refractivity contribution is 0.0999. The first-order valence-corrected chi connectivity index (χ1v) is 5.30. The van der Waals surface area contributed by atoms with Gasteiger partial charge in [-0.15, -0.1) is 0 Å². The summed E-state index contributed by atoms with van der Waals surface area (Å²) in [6, 6.07) is 3.91. The molecule has 5 nitrogen and oxygen atoms in total. The molecule has 4 N–H and O–H groups in total. The van der Waals surface area contributed by atoms with E-state index in [0.717, 1.165) is 0 Å². The van der Waals surface area contributed by atoms with Crippen molar-refractivity contribution in [1.29, 1.82) is 0 Å². The number of carbonyl (C=O) groups is 1. The Kier molecular flexibility index (Phi) is 2.59. The maximum Gasteiger partial charge on any atom is 0.248 e. The number of sulfonamides is 1. The number of amides is 1. The van der Waals surface area contributed by atoms with Crippen LogP contribution < -0.4 is 10.9 Å². The average Bonchev–Trinajstić information content (AvgIpc) is 2.01. The van der Waals surface area contributed by atoms with Crippen molar-refractivity contribution in [2.75, 3.05) is 0 Å². The highest BCUT2D eigenvalue weighted by atomic mass is 32.2. The second-order valence-corrected chi connectivity index (χ2v) is 4.45. The Labute approximate surface area is 81.8 Å². The summed E-state index contributed by atoms with van der Waals surface area (Å²) >= 11 is 0. The zero-order valence-electron chi connectivity index (χ0n) is 7.52. The minimum atomic E-state index is -3.72. The molecule has 0 atom stereocenters. The normalized spacial score (nSPS) is 11.3. The van der Waals surface area contributed by atoms with E-state index >= 15 is 0 Å². The van der Waals surface area contributed by atoms with Gasteiger partial charge >= 0.3 is 0 Å². The van der Waals surface area contributed by atoms with Crippen molar-refractivity contribution in [3.63, 3.8) is 0 Å². The van der Waals surface area contributed by atoms with Crippen molar-refractivity contribution in [3.05, 3.63) is 29.3 Å². The predicted molar refractivity (Wildman–Crippen MR) is 51.1 cm³/mol. The maximum absolute atomic E-state index is 10.9. The molecule has 1 amide bonds. The molecule has 0 spiro atoms. The third-order valence-electron chi connectivity index (χ3n) is 1.79. The number of nitrogens with two attached hydrogens (primary N) is 2. The van der Waals surface area contributed by atoms with Gasteiger partial charge in [0.25, 0.3) is 0 Å². The summed E-state index contributed by atoms with van der Waals surface area (Å²) in [5, 5.41) is 4.91. The summed E-state index contributed by atoms with van der Waals surface area (Å²) in [5.74, 6) is -0.594. The van der Waals surface area contributed by atoms with Gasteiger partial charge in [-0.3, -0.25) is 4.79 Å². The molecule has 0 fully saturated rings. The van der Waals surface area contributed by atoms with Gasteiger partial charge in [0.1, 0.15) is 0 Å². The fourth-order valence-corrected chi connectivity index (χ4v) is 1.69. The highest BCUT2D eigenvalue weighted by Gasteiger charge is 2.11. The number of carbonyl (C=O) groups excluding carboxylic acids is 1. The van der Waals surface area contributed by atoms with Gasteiger partial charge < -0.3 is 5.73 Å². The molecule has 76 valence electrons. The van der Waals surface area contributed by atoms with Crippen molar-refractivity contribution in [3.8, 4) is 0 Å². The second kappa shape index (κ2) is 3.39. The van der Waals surface area contributed by atoms with Crippen molar-refractivity contribution in [1.82, 2.24) is 0 Å². The highest BCUT2D eigenvalue weighted by Crippen LogP contribution is 2.13. The molecule has 0 radical (unpaired) electrons. The Morgan fingerprint density at radius 2 is 1.93 bits per heavy atom. The number of aryl methyl sites for hydroxylation is 1. The van der Waals surface area contributed by atoms with E-state index in [1.807, 2.05) is 0 Å². The van der Waals surface area contributed by atoms with Crippen molar-refractivity contribution in [2.45, 2.75) is 11.8 Å². The number of hydrogen-bond acceptors (Lipinski definition) is 3. The lowest BCUT2D eigenvalue weighted by Crippen LogP contribution is -2.15. The van der Waals surface area contributed by atoms with Gasteiger partial charge in [-0.25, -0.2) is 13.6 Å². The fraction of sp³-hybridized carbons (Fsp3) is 0.125. The molecule has 0 saturated heterocycles. The minimum absolute atomic E-state index is 0.0278. The van der Waals surface area contributed by atoms with Crippen LogP contribution >= 0.6 is 0 Å². The van der Waals surface area contributed by atoms with Crippen LogP contribution in [0.15, 0.2) is 23.1 Å². The third-order valence-corrected chi connectivity index (χ3v) is 2.70. The molecule has 0 aliphatic rings. The molecule has 0 aliphatic carbocycles. The van der Waals surface area contributed by atoms with Crippen LogP contribution in [0.2, 0.25) is 0 Å². The number of benzene rings is 1. The van der Waals surface area contributed by atoms with Gasteiger partial charge in [0.05, 0.1) is 4.90 Å². The summed E-state index contributed by atoms with van der Waals surface area (Å²) in [7, 11) is -3.72. The predicted octanol–water partition coefficient (Wildman–Crippen LogP) is -0.259. The van der Waals surface area contributed by atoms with Crippen LogP contribution in [0.4, 0.5) is 0 Å². The smallest absolute Gasteiger partial charge is 0.248 e. The molecule has 14 heavy (non-hydrogen) atoms. The monoisotopic (exact) mass is 214 g/mol. The molecule has 0 unspecified atom stereocenters. The lowest BCUT2D eigenvalue weighted by Gasteiger charge is -2.03. The standard InChI is InChI=1S/C8H10N2O3S/c1-5-4-6(14(10,12)13)2-3-7(5)8(9)11/h2-4H,1H3,(H2,9,11)(H2,10,12,13). The number of hydrogen-bond donors (Lipinski definition) is 2. The first kappa shape index (κ1) is 10.7. The second-order valence-electron chi connectivity index (χ2n) is 2.89. The van der Waals surface area contributed by atoms with Gasteiger partial charge in [0.2, 0.25) is 15.9 Å². The minimum Gasteiger partial charge on any atom is -0.366 e. The summed E-state index contributed by atoms with van der Waals surface area (Å²) in [6.07, 6.45) is 0. The molecule has 0 bridgehead atoms. The van der Waals surface area contributed by atoms with E-state index in [4.69, 9.17) is 10.9 Å². The Morgan fingerprint density at radius 1 is 1.36 bits per heavy atom. The van der Waals surface area contributed by atoms with Crippen molar-refractivity contribution >= 4 is 15.9 Å². The Balaban J connectivity index is 3.34. The zero-order chi connectivity index (χ0) is 10.9. The fourth-order valence-electron chi connectivity index (χ4n) is 1.09. The van der Waals surface area contributed by atoms with E-state index in [0.29, 0.717) is 5.56 Å². The molecule has 6 heteroatoms. The summed E-state index contributed by atoms with van der Waals surface area (Å²) in [6.45, 7) is 1.59. The first-order valence-electron chi connectivity index (χ1n) is 3.75. The average molecular weight is 214 g/mol. The third kappa shape index (κ3) is 2.09. The van der Waals surface area contributed by atoms with E-state index in [2.05, 4.69) is 0 Å². The van der Waals surface area contributed by atoms with E-state index < -0.39 is 15.9 Å². The number of rotatable bonds is 2.